The van der Waals surface area contributed by atoms with E-state index in [1.807, 2.05) is 20.8 Å². The maximum Gasteiger partial charge on any atom is 0.338 e. The summed E-state index contributed by atoms with van der Waals surface area (Å²) in [5.41, 5.74) is 1.54. The predicted molar refractivity (Wildman–Crippen MR) is 111 cm³/mol. The van der Waals surface area contributed by atoms with Gasteiger partial charge >= 0.3 is 12.0 Å². The second-order valence-electron chi connectivity index (χ2n) is 6.51. The maximum atomic E-state index is 12.7. The Morgan fingerprint density at radius 1 is 1.10 bits per heavy atom. The van der Waals surface area contributed by atoms with Gasteiger partial charge in [-0.25, -0.2) is 9.59 Å². The van der Waals surface area contributed by atoms with E-state index in [0.29, 0.717) is 53.0 Å². The fourth-order valence-corrected chi connectivity index (χ4v) is 3.40. The van der Waals surface area contributed by atoms with Crippen LogP contribution >= 0.6 is 11.6 Å². The third kappa shape index (κ3) is 5.56. The van der Waals surface area contributed by atoms with Crippen molar-refractivity contribution in [3.63, 3.8) is 0 Å². The number of ether oxygens (including phenoxy) is 3. The second-order valence-corrected chi connectivity index (χ2v) is 6.91. The molecule has 160 valence electrons. The van der Waals surface area contributed by atoms with Crippen LogP contribution in [0.15, 0.2) is 23.4 Å². The Bertz CT molecular complexity index is 779. The van der Waals surface area contributed by atoms with Gasteiger partial charge in [0.25, 0.3) is 0 Å². The van der Waals surface area contributed by atoms with E-state index in [2.05, 4.69) is 10.6 Å². The van der Waals surface area contributed by atoms with E-state index in [1.54, 1.807) is 19.1 Å². The molecule has 0 saturated carbocycles. The van der Waals surface area contributed by atoms with Gasteiger partial charge in [0.1, 0.15) is 0 Å². The first-order chi connectivity index (χ1) is 14.0. The highest BCUT2D eigenvalue weighted by atomic mass is 35.5. The zero-order valence-electron chi connectivity index (χ0n) is 17.4. The minimum Gasteiger partial charge on any atom is -0.490 e. The first-order valence-corrected chi connectivity index (χ1v) is 10.4. The molecule has 1 atom stereocenters. The van der Waals surface area contributed by atoms with Crippen LogP contribution in [-0.4, -0.2) is 31.8 Å². The number of hydrogen-bond donors (Lipinski definition) is 2. The summed E-state index contributed by atoms with van der Waals surface area (Å²) in [6.07, 6.45) is 2.13. The number of nitrogens with one attached hydrogen (secondary N) is 2. The predicted octanol–water partition coefficient (Wildman–Crippen LogP) is 4.50. The van der Waals surface area contributed by atoms with Gasteiger partial charge in [0.05, 0.1) is 36.5 Å². The molecule has 2 amide bonds. The number of rotatable bonds is 10. The van der Waals surface area contributed by atoms with Crippen molar-refractivity contribution in [2.75, 3.05) is 19.8 Å². The molecule has 0 radical (unpaired) electrons. The molecular weight excluding hydrogens is 396 g/mol. The Labute approximate surface area is 176 Å². The van der Waals surface area contributed by atoms with Gasteiger partial charge in [-0.2, -0.15) is 0 Å². The van der Waals surface area contributed by atoms with Gasteiger partial charge < -0.3 is 24.8 Å². The lowest BCUT2D eigenvalue weighted by atomic mass is 9.93. The van der Waals surface area contributed by atoms with Crippen LogP contribution in [0.25, 0.3) is 0 Å². The molecule has 2 rings (SSSR count). The molecule has 1 aromatic rings. The average molecular weight is 425 g/mol. The molecule has 0 saturated heterocycles. The number of amides is 2. The van der Waals surface area contributed by atoms with Crippen molar-refractivity contribution in [2.24, 2.45) is 0 Å². The molecule has 29 heavy (non-hydrogen) atoms. The molecular formula is C21H29ClN2O5. The van der Waals surface area contributed by atoms with E-state index in [-0.39, 0.29) is 12.6 Å². The van der Waals surface area contributed by atoms with Crippen LogP contribution in [0.3, 0.4) is 0 Å². The van der Waals surface area contributed by atoms with Crippen LogP contribution in [0.4, 0.5) is 4.79 Å². The van der Waals surface area contributed by atoms with E-state index in [1.165, 1.54) is 0 Å². The van der Waals surface area contributed by atoms with Crippen molar-refractivity contribution in [3.05, 3.63) is 34.0 Å². The summed E-state index contributed by atoms with van der Waals surface area (Å²) in [5.74, 6) is 0.445. The number of halogens is 1. The zero-order chi connectivity index (χ0) is 21.4. The molecule has 0 aliphatic carbocycles. The van der Waals surface area contributed by atoms with E-state index in [4.69, 9.17) is 25.8 Å². The van der Waals surface area contributed by atoms with Gasteiger partial charge in [-0.3, -0.25) is 0 Å². The standard InChI is InChI=1S/C21H29ClN2O5/c1-5-9-15-17(20(25)28-8-4)18(24-21(26)23-15)13-11-14(22)19(29-10-6-2)16(12-13)27-7-3/h11-12,18H,5-10H2,1-4H3,(H2,23,24,26). The number of esters is 1. The topological polar surface area (TPSA) is 85.9 Å². The lowest BCUT2D eigenvalue weighted by Crippen LogP contribution is -2.46. The van der Waals surface area contributed by atoms with Crippen LogP contribution in [0.5, 0.6) is 11.5 Å². The van der Waals surface area contributed by atoms with Gasteiger partial charge in [0.2, 0.25) is 0 Å². The number of allylic oxidation sites excluding steroid dienone is 1. The number of carbonyl (C=O) groups excluding carboxylic acids is 2. The molecule has 1 aliphatic heterocycles. The second kappa shape index (κ2) is 11.0. The van der Waals surface area contributed by atoms with Gasteiger partial charge in [-0.05, 0) is 44.4 Å². The highest BCUT2D eigenvalue weighted by Gasteiger charge is 2.34. The first-order valence-electron chi connectivity index (χ1n) is 10.0. The van der Waals surface area contributed by atoms with Crippen LogP contribution in [0, 0.1) is 0 Å². The largest absolute Gasteiger partial charge is 0.490 e. The lowest BCUT2D eigenvalue weighted by Gasteiger charge is -2.30. The Kier molecular flexibility index (Phi) is 8.64. The molecule has 1 unspecified atom stereocenters. The van der Waals surface area contributed by atoms with Gasteiger partial charge in [0, 0.05) is 5.70 Å². The van der Waals surface area contributed by atoms with E-state index >= 15 is 0 Å². The Hall–Kier alpha value is -2.41. The fourth-order valence-electron chi connectivity index (χ4n) is 3.13. The summed E-state index contributed by atoms with van der Waals surface area (Å²) in [4.78, 5) is 25.0. The monoisotopic (exact) mass is 424 g/mol. The molecule has 0 bridgehead atoms. The number of benzene rings is 1. The quantitative estimate of drug-likeness (QED) is 0.540. The molecule has 0 spiro atoms. The summed E-state index contributed by atoms with van der Waals surface area (Å²) in [7, 11) is 0. The molecule has 0 aromatic heterocycles. The van der Waals surface area contributed by atoms with E-state index in [9.17, 15) is 9.59 Å². The van der Waals surface area contributed by atoms with Gasteiger partial charge in [-0.1, -0.05) is 31.9 Å². The normalized spacial score (nSPS) is 16.2. The van der Waals surface area contributed by atoms with E-state index < -0.39 is 12.0 Å². The fraction of sp³-hybridized carbons (Fsp3) is 0.524. The molecule has 1 aliphatic rings. The number of hydrogen-bond acceptors (Lipinski definition) is 5. The molecule has 0 fully saturated rings. The van der Waals surface area contributed by atoms with Crippen molar-refractivity contribution in [2.45, 2.75) is 53.0 Å². The summed E-state index contributed by atoms with van der Waals surface area (Å²) in [6.45, 7) is 8.73. The van der Waals surface area contributed by atoms with Crippen LogP contribution < -0.4 is 20.1 Å². The Balaban J connectivity index is 2.57. The molecule has 1 heterocycles. The number of urea groups is 1. The number of carbonyl (C=O) groups is 2. The molecule has 2 N–H and O–H groups in total. The highest BCUT2D eigenvalue weighted by Crippen LogP contribution is 2.40. The first kappa shape index (κ1) is 22.9. The van der Waals surface area contributed by atoms with Crippen LogP contribution in [0.1, 0.15) is 58.6 Å². The molecule has 7 nitrogen and oxygen atoms in total. The van der Waals surface area contributed by atoms with Crippen molar-refractivity contribution in [1.82, 2.24) is 10.6 Å². The zero-order valence-corrected chi connectivity index (χ0v) is 18.1. The summed E-state index contributed by atoms with van der Waals surface area (Å²) in [5, 5.41) is 5.90. The SMILES string of the molecule is CCCOc1c(Cl)cc(C2NC(=O)NC(CCC)=C2C(=O)OCC)cc1OCC. The van der Waals surface area contributed by atoms with Crippen molar-refractivity contribution in [3.8, 4) is 11.5 Å². The van der Waals surface area contributed by atoms with Crippen LogP contribution in [-0.2, 0) is 9.53 Å². The minimum atomic E-state index is -0.707. The van der Waals surface area contributed by atoms with Crippen molar-refractivity contribution in [1.29, 1.82) is 0 Å². The third-order valence-electron chi connectivity index (χ3n) is 4.26. The third-order valence-corrected chi connectivity index (χ3v) is 4.55. The van der Waals surface area contributed by atoms with Crippen LogP contribution in [0.2, 0.25) is 5.02 Å². The van der Waals surface area contributed by atoms with Gasteiger partial charge in [0.15, 0.2) is 11.5 Å². The summed E-state index contributed by atoms with van der Waals surface area (Å²) >= 11 is 6.48. The minimum absolute atomic E-state index is 0.233. The Morgan fingerprint density at radius 3 is 2.48 bits per heavy atom. The summed E-state index contributed by atoms with van der Waals surface area (Å²) in [6, 6.07) is 2.35. The van der Waals surface area contributed by atoms with Crippen molar-refractivity contribution < 1.29 is 23.8 Å². The Morgan fingerprint density at radius 2 is 1.86 bits per heavy atom. The van der Waals surface area contributed by atoms with Gasteiger partial charge in [-0.15, -0.1) is 0 Å². The average Bonchev–Trinajstić information content (AvgIpc) is 2.67. The highest BCUT2D eigenvalue weighted by molar-refractivity contribution is 6.32. The smallest absolute Gasteiger partial charge is 0.338 e. The summed E-state index contributed by atoms with van der Waals surface area (Å²) < 4.78 is 16.7. The molecule has 1 aromatic carbocycles. The van der Waals surface area contributed by atoms with E-state index in [0.717, 1.165) is 12.8 Å². The molecule has 8 heteroatoms. The lowest BCUT2D eigenvalue weighted by molar-refractivity contribution is -0.139. The maximum absolute atomic E-state index is 12.7. The van der Waals surface area contributed by atoms with Crippen molar-refractivity contribution >= 4 is 23.6 Å².